The van der Waals surface area contributed by atoms with Gasteiger partial charge in [0.1, 0.15) is 6.04 Å². The zero-order valence-electron chi connectivity index (χ0n) is 16.1. The second kappa shape index (κ2) is 9.68. The molecule has 154 valence electrons. The quantitative estimate of drug-likeness (QED) is 0.575. The highest BCUT2D eigenvalue weighted by Crippen LogP contribution is 2.21. The maximum Gasteiger partial charge on any atom is 0.261 e. The monoisotopic (exact) mass is 409 g/mol. The fourth-order valence-corrected chi connectivity index (χ4v) is 4.93. The van der Waals surface area contributed by atoms with Gasteiger partial charge in [0.2, 0.25) is 5.91 Å². The Bertz CT molecular complexity index is 810. The molecule has 1 aromatic carbocycles. The van der Waals surface area contributed by atoms with Crippen molar-refractivity contribution < 1.29 is 22.8 Å². The Balaban J connectivity index is 1.90. The van der Waals surface area contributed by atoms with E-state index in [9.17, 15) is 22.8 Å². The molecule has 0 saturated carbocycles. The molecule has 1 aliphatic rings. The summed E-state index contributed by atoms with van der Waals surface area (Å²) in [4.78, 5) is 36.9. The molecule has 9 heteroatoms. The minimum absolute atomic E-state index is 0.00298. The summed E-state index contributed by atoms with van der Waals surface area (Å²) >= 11 is 0. The first-order chi connectivity index (χ1) is 13.2. The number of carbonyl (C=O) groups is 3. The highest BCUT2D eigenvalue weighted by molar-refractivity contribution is 7.91. The second-order valence-corrected chi connectivity index (χ2v) is 9.44. The average Bonchev–Trinajstić information content (AvgIpc) is 3.02. The number of hydrogen-bond acceptors (Lipinski definition) is 5. The topological polar surface area (TPSA) is 121 Å². The third kappa shape index (κ3) is 6.33. The van der Waals surface area contributed by atoms with Gasteiger partial charge in [0.05, 0.1) is 11.5 Å². The largest absolute Gasteiger partial charge is 0.340 e. The summed E-state index contributed by atoms with van der Waals surface area (Å²) in [7, 11) is -3.06. The van der Waals surface area contributed by atoms with E-state index in [0.29, 0.717) is 18.4 Å². The fraction of sp³-hybridized carbons (Fsp3) is 0.526. The highest BCUT2D eigenvalue weighted by Gasteiger charge is 2.30. The van der Waals surface area contributed by atoms with Crippen LogP contribution < -0.4 is 16.2 Å². The van der Waals surface area contributed by atoms with E-state index in [1.807, 2.05) is 13.8 Å². The van der Waals surface area contributed by atoms with Crippen molar-refractivity contribution in [3.05, 3.63) is 35.9 Å². The van der Waals surface area contributed by atoms with E-state index >= 15 is 0 Å². The lowest BCUT2D eigenvalue weighted by atomic mass is 9.98. The van der Waals surface area contributed by atoms with Gasteiger partial charge < -0.3 is 5.32 Å². The predicted molar refractivity (Wildman–Crippen MR) is 105 cm³/mol. The molecule has 2 rings (SSSR count). The summed E-state index contributed by atoms with van der Waals surface area (Å²) in [6.07, 6.45) is 1.14. The molecule has 1 fully saturated rings. The molecule has 1 aromatic rings. The number of carbonyl (C=O) groups excluding carboxylic acids is 3. The Morgan fingerprint density at radius 2 is 1.82 bits per heavy atom. The molecule has 8 nitrogen and oxygen atoms in total. The molecule has 1 aliphatic heterocycles. The van der Waals surface area contributed by atoms with E-state index in [0.717, 1.165) is 0 Å². The number of hydrogen-bond donors (Lipinski definition) is 3. The number of hydrazine groups is 1. The zero-order valence-corrected chi connectivity index (χ0v) is 16.9. The zero-order chi connectivity index (χ0) is 20.7. The Hall–Kier alpha value is -2.42. The van der Waals surface area contributed by atoms with Gasteiger partial charge in [-0.05, 0) is 30.4 Å². The summed E-state index contributed by atoms with van der Waals surface area (Å²) in [5, 5.41) is 2.71. The van der Waals surface area contributed by atoms with Crippen molar-refractivity contribution in [2.75, 3.05) is 11.5 Å². The van der Waals surface area contributed by atoms with Crippen LogP contribution in [0.5, 0.6) is 0 Å². The molecule has 1 saturated heterocycles. The standard InChI is InChI=1S/C19H27N3O5S/c1-3-13(2)17(20-18(24)15-7-5-4-6-8-15)19(25)22-21-16(23)11-14-9-10-28(26,27)12-14/h4-8,13-14,17H,3,9-12H2,1-2H3,(H,20,24)(H,21,23)(H,22,25). The molecule has 1 heterocycles. The molecule has 28 heavy (non-hydrogen) atoms. The van der Waals surface area contributed by atoms with Crippen LogP contribution >= 0.6 is 0 Å². The molecule has 3 N–H and O–H groups in total. The van der Waals surface area contributed by atoms with E-state index in [2.05, 4.69) is 16.2 Å². The van der Waals surface area contributed by atoms with Crippen molar-refractivity contribution >= 4 is 27.6 Å². The molecule has 3 amide bonds. The second-order valence-electron chi connectivity index (χ2n) is 7.21. The first-order valence-corrected chi connectivity index (χ1v) is 11.2. The molecular formula is C19H27N3O5S. The van der Waals surface area contributed by atoms with Crippen LogP contribution in [0.3, 0.4) is 0 Å². The predicted octanol–water partition coefficient (Wildman–Crippen LogP) is 0.803. The SMILES string of the molecule is CCC(C)C(NC(=O)c1ccccc1)C(=O)NNC(=O)CC1CCS(=O)(=O)C1. The maximum atomic E-state index is 12.5. The Kier molecular flexibility index (Phi) is 7.56. The summed E-state index contributed by atoms with van der Waals surface area (Å²) in [5.74, 6) is -1.63. The van der Waals surface area contributed by atoms with E-state index in [1.165, 1.54) is 0 Å². The van der Waals surface area contributed by atoms with Gasteiger partial charge in [-0.15, -0.1) is 0 Å². The number of rotatable bonds is 7. The molecule has 0 bridgehead atoms. The van der Waals surface area contributed by atoms with E-state index in [4.69, 9.17) is 0 Å². The molecule has 0 radical (unpaired) electrons. The van der Waals surface area contributed by atoms with Crippen LogP contribution in [0.2, 0.25) is 0 Å². The minimum atomic E-state index is -3.06. The molecule has 3 atom stereocenters. The normalized spacial score (nSPS) is 20.0. The highest BCUT2D eigenvalue weighted by atomic mass is 32.2. The van der Waals surface area contributed by atoms with Gasteiger partial charge in [0, 0.05) is 12.0 Å². The Morgan fingerprint density at radius 3 is 2.39 bits per heavy atom. The van der Waals surface area contributed by atoms with Gasteiger partial charge in [-0.2, -0.15) is 0 Å². The molecule has 3 unspecified atom stereocenters. The third-order valence-electron chi connectivity index (χ3n) is 4.94. The third-order valence-corrected chi connectivity index (χ3v) is 6.78. The summed E-state index contributed by atoms with van der Waals surface area (Å²) in [5.41, 5.74) is 5.11. The van der Waals surface area contributed by atoms with Gasteiger partial charge in [-0.1, -0.05) is 38.5 Å². The van der Waals surface area contributed by atoms with Crippen molar-refractivity contribution in [1.82, 2.24) is 16.2 Å². The molecule has 0 aliphatic carbocycles. The molecular weight excluding hydrogens is 382 g/mol. The average molecular weight is 410 g/mol. The number of benzene rings is 1. The van der Waals surface area contributed by atoms with E-state index in [1.54, 1.807) is 30.3 Å². The van der Waals surface area contributed by atoms with Gasteiger partial charge in [0.15, 0.2) is 9.84 Å². The lowest BCUT2D eigenvalue weighted by Gasteiger charge is -2.23. The van der Waals surface area contributed by atoms with Crippen molar-refractivity contribution in [2.24, 2.45) is 11.8 Å². The van der Waals surface area contributed by atoms with Gasteiger partial charge in [0.25, 0.3) is 11.8 Å². The van der Waals surface area contributed by atoms with E-state index in [-0.39, 0.29) is 35.7 Å². The van der Waals surface area contributed by atoms with Crippen molar-refractivity contribution in [2.45, 2.75) is 39.2 Å². The minimum Gasteiger partial charge on any atom is -0.340 e. The molecule has 0 aromatic heterocycles. The molecule has 0 spiro atoms. The number of nitrogens with one attached hydrogen (secondary N) is 3. The van der Waals surface area contributed by atoms with Gasteiger partial charge in [-0.3, -0.25) is 25.2 Å². The van der Waals surface area contributed by atoms with Crippen LogP contribution in [0, 0.1) is 11.8 Å². The van der Waals surface area contributed by atoms with Crippen molar-refractivity contribution in [3.63, 3.8) is 0 Å². The number of sulfone groups is 1. The number of amides is 3. The lowest BCUT2D eigenvalue weighted by molar-refractivity contribution is -0.131. The van der Waals surface area contributed by atoms with Crippen molar-refractivity contribution in [1.29, 1.82) is 0 Å². The Labute approximate surface area is 165 Å². The van der Waals surface area contributed by atoms with Crippen LogP contribution in [0.25, 0.3) is 0 Å². The fourth-order valence-electron chi connectivity index (χ4n) is 3.07. The van der Waals surface area contributed by atoms with Gasteiger partial charge in [-0.25, -0.2) is 8.42 Å². The first-order valence-electron chi connectivity index (χ1n) is 9.37. The Morgan fingerprint density at radius 1 is 1.14 bits per heavy atom. The summed E-state index contributed by atoms with van der Waals surface area (Å²) in [6.45, 7) is 3.74. The van der Waals surface area contributed by atoms with Crippen LogP contribution in [-0.2, 0) is 19.4 Å². The maximum absolute atomic E-state index is 12.5. The van der Waals surface area contributed by atoms with Gasteiger partial charge >= 0.3 is 0 Å². The lowest BCUT2D eigenvalue weighted by Crippen LogP contribution is -2.54. The summed E-state index contributed by atoms with van der Waals surface area (Å²) < 4.78 is 22.9. The van der Waals surface area contributed by atoms with Crippen LogP contribution in [0.1, 0.15) is 43.5 Å². The van der Waals surface area contributed by atoms with Crippen molar-refractivity contribution in [3.8, 4) is 0 Å². The van der Waals surface area contributed by atoms with E-state index < -0.39 is 27.7 Å². The van der Waals surface area contributed by atoms with Crippen LogP contribution in [0.4, 0.5) is 0 Å². The summed E-state index contributed by atoms with van der Waals surface area (Å²) in [6, 6.07) is 7.75. The van der Waals surface area contributed by atoms with Crippen LogP contribution in [-0.4, -0.2) is 43.7 Å². The first kappa shape index (κ1) is 21.9. The smallest absolute Gasteiger partial charge is 0.261 e. The van der Waals surface area contributed by atoms with Crippen LogP contribution in [0.15, 0.2) is 30.3 Å².